The number of nitrogens with zero attached hydrogens (tertiary/aromatic N) is 2. The molecule has 0 spiro atoms. The van der Waals surface area contributed by atoms with Gasteiger partial charge in [0.25, 0.3) is 5.69 Å². The van der Waals surface area contributed by atoms with Crippen LogP contribution in [0.25, 0.3) is 0 Å². The van der Waals surface area contributed by atoms with Crippen LogP contribution in [0.15, 0.2) is 42.5 Å². The Morgan fingerprint density at radius 2 is 2.04 bits per heavy atom. The van der Waals surface area contributed by atoms with Gasteiger partial charge >= 0.3 is 0 Å². The molecule has 1 aliphatic heterocycles. The minimum absolute atomic E-state index is 0.117. The minimum atomic E-state index is -0.410. The molecule has 0 bridgehead atoms. The number of hydrogen-bond donors (Lipinski definition) is 1. The van der Waals surface area contributed by atoms with Crippen molar-refractivity contribution in [2.45, 2.75) is 19.5 Å². The normalized spacial score (nSPS) is 14.3. The van der Waals surface area contributed by atoms with Gasteiger partial charge in [-0.3, -0.25) is 19.8 Å². The van der Waals surface area contributed by atoms with Crippen molar-refractivity contribution in [1.82, 2.24) is 4.90 Å². The number of primary amides is 1. The standard InChI is InChI=1S/C17H17N3O3/c18-17(21)14-4-5-15-11-19(7-6-13(15)9-14)10-12-2-1-3-16(8-12)20(22)23/h1-5,8-9H,6-7,10-11H2,(H2,18,21). The summed E-state index contributed by atoms with van der Waals surface area (Å²) >= 11 is 0. The van der Waals surface area contributed by atoms with Crippen LogP contribution in [0.5, 0.6) is 0 Å². The molecule has 0 saturated heterocycles. The molecule has 2 aromatic rings. The van der Waals surface area contributed by atoms with Gasteiger partial charge in [0.15, 0.2) is 0 Å². The maximum atomic E-state index is 11.2. The second kappa shape index (κ2) is 6.18. The van der Waals surface area contributed by atoms with E-state index in [-0.39, 0.29) is 10.6 Å². The molecule has 0 unspecified atom stereocenters. The summed E-state index contributed by atoms with van der Waals surface area (Å²) in [4.78, 5) is 24.0. The average molecular weight is 311 g/mol. The Morgan fingerprint density at radius 1 is 1.22 bits per heavy atom. The first-order valence-electron chi connectivity index (χ1n) is 7.40. The first-order chi connectivity index (χ1) is 11.0. The summed E-state index contributed by atoms with van der Waals surface area (Å²) in [6.45, 7) is 2.27. The Hall–Kier alpha value is -2.73. The molecule has 6 heteroatoms. The molecule has 0 radical (unpaired) electrons. The Balaban J connectivity index is 1.74. The first kappa shape index (κ1) is 15.2. The summed E-state index contributed by atoms with van der Waals surface area (Å²) in [6.07, 6.45) is 0.839. The molecule has 0 fully saturated rings. The van der Waals surface area contributed by atoms with Crippen LogP contribution < -0.4 is 5.73 Å². The summed E-state index contributed by atoms with van der Waals surface area (Å²) in [7, 11) is 0. The van der Waals surface area contributed by atoms with Gasteiger partial charge in [0.05, 0.1) is 4.92 Å². The fourth-order valence-corrected chi connectivity index (χ4v) is 2.93. The van der Waals surface area contributed by atoms with Crippen molar-refractivity contribution < 1.29 is 9.72 Å². The van der Waals surface area contributed by atoms with Crippen LogP contribution in [0.3, 0.4) is 0 Å². The van der Waals surface area contributed by atoms with Crippen molar-refractivity contribution in [2.75, 3.05) is 6.54 Å². The van der Waals surface area contributed by atoms with E-state index in [0.29, 0.717) is 12.1 Å². The second-order valence-corrected chi connectivity index (χ2v) is 5.74. The molecule has 1 heterocycles. The summed E-state index contributed by atoms with van der Waals surface area (Å²) in [5.41, 5.74) is 9.21. The number of amides is 1. The number of rotatable bonds is 4. The zero-order valence-corrected chi connectivity index (χ0v) is 12.6. The first-order valence-corrected chi connectivity index (χ1v) is 7.40. The molecular formula is C17H17N3O3. The monoisotopic (exact) mass is 311 g/mol. The molecule has 0 atom stereocenters. The Labute approximate surface area is 133 Å². The number of fused-ring (bicyclic) bond motifs is 1. The number of benzene rings is 2. The van der Waals surface area contributed by atoms with Gasteiger partial charge in [-0.2, -0.15) is 0 Å². The van der Waals surface area contributed by atoms with Crippen LogP contribution in [0, 0.1) is 10.1 Å². The van der Waals surface area contributed by atoms with E-state index >= 15 is 0 Å². The Kier molecular flexibility index (Phi) is 4.08. The maximum Gasteiger partial charge on any atom is 0.269 e. The molecule has 0 aliphatic carbocycles. The number of carbonyl (C=O) groups excluding carboxylic acids is 1. The smallest absolute Gasteiger partial charge is 0.269 e. The minimum Gasteiger partial charge on any atom is -0.366 e. The lowest BCUT2D eigenvalue weighted by Crippen LogP contribution is -2.30. The van der Waals surface area contributed by atoms with Crippen molar-refractivity contribution in [3.8, 4) is 0 Å². The highest BCUT2D eigenvalue weighted by molar-refractivity contribution is 5.93. The average Bonchev–Trinajstić information content (AvgIpc) is 2.54. The molecule has 1 amide bonds. The highest BCUT2D eigenvalue weighted by Crippen LogP contribution is 2.23. The summed E-state index contributed by atoms with van der Waals surface area (Å²) in [5, 5.41) is 10.9. The molecule has 23 heavy (non-hydrogen) atoms. The van der Waals surface area contributed by atoms with E-state index in [1.54, 1.807) is 18.2 Å². The molecule has 2 aromatic carbocycles. The van der Waals surface area contributed by atoms with E-state index in [2.05, 4.69) is 4.90 Å². The lowest BCUT2D eigenvalue weighted by atomic mass is 9.96. The van der Waals surface area contributed by atoms with Crippen molar-refractivity contribution in [2.24, 2.45) is 5.73 Å². The molecular weight excluding hydrogens is 294 g/mol. The lowest BCUT2D eigenvalue weighted by Gasteiger charge is -2.29. The van der Waals surface area contributed by atoms with Gasteiger partial charge in [-0.1, -0.05) is 18.2 Å². The molecule has 2 N–H and O–H groups in total. The van der Waals surface area contributed by atoms with E-state index in [1.165, 1.54) is 11.6 Å². The van der Waals surface area contributed by atoms with Crippen LogP contribution in [0.1, 0.15) is 27.0 Å². The topological polar surface area (TPSA) is 89.5 Å². The fourth-order valence-electron chi connectivity index (χ4n) is 2.93. The highest BCUT2D eigenvalue weighted by Gasteiger charge is 2.18. The van der Waals surface area contributed by atoms with Gasteiger partial charge in [-0.15, -0.1) is 0 Å². The van der Waals surface area contributed by atoms with E-state index in [9.17, 15) is 14.9 Å². The third-order valence-electron chi connectivity index (χ3n) is 4.11. The number of nitro groups is 1. The summed E-state index contributed by atoms with van der Waals surface area (Å²) in [5.74, 6) is -0.410. The van der Waals surface area contributed by atoms with Crippen molar-refractivity contribution in [3.63, 3.8) is 0 Å². The van der Waals surface area contributed by atoms with Crippen LogP contribution >= 0.6 is 0 Å². The zero-order chi connectivity index (χ0) is 16.4. The summed E-state index contributed by atoms with van der Waals surface area (Å²) in [6, 6.07) is 12.3. The number of hydrogen-bond acceptors (Lipinski definition) is 4. The number of nitrogens with two attached hydrogens (primary N) is 1. The van der Waals surface area contributed by atoms with Crippen LogP contribution in [-0.2, 0) is 19.5 Å². The summed E-state index contributed by atoms with van der Waals surface area (Å²) < 4.78 is 0. The molecule has 0 saturated carbocycles. The van der Waals surface area contributed by atoms with Crippen molar-refractivity contribution >= 4 is 11.6 Å². The highest BCUT2D eigenvalue weighted by atomic mass is 16.6. The van der Waals surface area contributed by atoms with E-state index in [4.69, 9.17) is 5.73 Å². The Morgan fingerprint density at radius 3 is 2.78 bits per heavy atom. The third kappa shape index (κ3) is 3.37. The van der Waals surface area contributed by atoms with Gasteiger partial charge in [-0.05, 0) is 35.2 Å². The van der Waals surface area contributed by atoms with Crippen molar-refractivity contribution in [1.29, 1.82) is 0 Å². The SMILES string of the molecule is NC(=O)c1ccc2c(c1)CCN(Cc1cccc([N+](=O)[O-])c1)C2. The maximum absolute atomic E-state index is 11.2. The molecule has 0 aromatic heterocycles. The van der Waals surface area contributed by atoms with Gasteiger partial charge in [0.1, 0.15) is 0 Å². The van der Waals surface area contributed by atoms with Gasteiger partial charge < -0.3 is 5.73 Å². The number of carbonyl (C=O) groups is 1. The zero-order valence-electron chi connectivity index (χ0n) is 12.6. The predicted octanol–water partition coefficient (Wildman–Crippen LogP) is 2.25. The lowest BCUT2D eigenvalue weighted by molar-refractivity contribution is -0.384. The third-order valence-corrected chi connectivity index (χ3v) is 4.11. The number of non-ortho nitro benzene ring substituents is 1. The van der Waals surface area contributed by atoms with Crippen molar-refractivity contribution in [3.05, 3.63) is 74.8 Å². The van der Waals surface area contributed by atoms with Gasteiger partial charge in [0, 0.05) is 37.3 Å². The quantitative estimate of drug-likeness (QED) is 0.692. The molecule has 3 rings (SSSR count). The van der Waals surface area contributed by atoms with E-state index in [1.807, 2.05) is 18.2 Å². The van der Waals surface area contributed by atoms with Crippen LogP contribution in [0.4, 0.5) is 5.69 Å². The predicted molar refractivity (Wildman–Crippen MR) is 85.9 cm³/mol. The van der Waals surface area contributed by atoms with E-state index < -0.39 is 5.91 Å². The second-order valence-electron chi connectivity index (χ2n) is 5.74. The molecule has 6 nitrogen and oxygen atoms in total. The Bertz CT molecular complexity index is 773. The van der Waals surface area contributed by atoms with Gasteiger partial charge in [-0.25, -0.2) is 0 Å². The van der Waals surface area contributed by atoms with Gasteiger partial charge in [0.2, 0.25) is 5.91 Å². The number of nitro benzene ring substituents is 1. The van der Waals surface area contributed by atoms with Crippen LogP contribution in [-0.4, -0.2) is 22.3 Å². The molecule has 118 valence electrons. The largest absolute Gasteiger partial charge is 0.366 e. The fraction of sp³-hybridized carbons (Fsp3) is 0.235. The van der Waals surface area contributed by atoms with E-state index in [0.717, 1.165) is 30.6 Å². The van der Waals surface area contributed by atoms with Crippen LogP contribution in [0.2, 0.25) is 0 Å². The molecule has 1 aliphatic rings.